The molecule has 0 radical (unpaired) electrons. The van der Waals surface area contributed by atoms with E-state index in [1.807, 2.05) is 6.92 Å². The van der Waals surface area contributed by atoms with Crippen molar-refractivity contribution in [3.8, 4) is 11.5 Å². The highest BCUT2D eigenvalue weighted by Gasteiger charge is 2.12. The number of benzene rings is 1. The van der Waals surface area contributed by atoms with Crippen molar-refractivity contribution in [1.82, 2.24) is 20.4 Å². The van der Waals surface area contributed by atoms with E-state index in [1.165, 1.54) is 11.3 Å². The summed E-state index contributed by atoms with van der Waals surface area (Å²) in [5.41, 5.74) is 0.768. The van der Waals surface area contributed by atoms with Crippen molar-refractivity contribution in [2.24, 2.45) is 0 Å². The van der Waals surface area contributed by atoms with E-state index < -0.39 is 0 Å². The molecule has 0 bridgehead atoms. The molecule has 7 nitrogen and oxygen atoms in total. The number of nitrogens with zero attached hydrogens (tertiary/aromatic N) is 4. The van der Waals surface area contributed by atoms with Crippen molar-refractivity contribution in [3.63, 3.8) is 0 Å². The lowest BCUT2D eigenvalue weighted by Gasteiger charge is -1.98. The van der Waals surface area contributed by atoms with Crippen LogP contribution in [0.2, 0.25) is 5.02 Å². The molecule has 2 heterocycles. The molecule has 0 saturated heterocycles. The average molecular weight is 382 g/mol. The summed E-state index contributed by atoms with van der Waals surface area (Å²) in [6.45, 7) is 1.98. The van der Waals surface area contributed by atoms with Crippen LogP contribution in [0.5, 0.6) is 0 Å². The van der Waals surface area contributed by atoms with E-state index in [2.05, 4.69) is 25.7 Å². The Kier molecular flexibility index (Phi) is 5.44. The third-order valence-corrected chi connectivity index (χ3v) is 4.89. The van der Waals surface area contributed by atoms with Crippen LogP contribution >= 0.6 is 34.7 Å². The van der Waals surface area contributed by atoms with E-state index in [0.717, 1.165) is 28.8 Å². The minimum atomic E-state index is -0.204. The lowest BCUT2D eigenvalue weighted by Crippen LogP contribution is -2.13. The van der Waals surface area contributed by atoms with Gasteiger partial charge in [-0.1, -0.05) is 41.6 Å². The summed E-state index contributed by atoms with van der Waals surface area (Å²) in [7, 11) is 0. The first-order valence-corrected chi connectivity index (χ1v) is 9.16. The number of rotatable bonds is 6. The van der Waals surface area contributed by atoms with Crippen LogP contribution in [0.4, 0.5) is 5.13 Å². The summed E-state index contributed by atoms with van der Waals surface area (Å²) in [6.07, 6.45) is 0.789. The summed E-state index contributed by atoms with van der Waals surface area (Å²) >= 11 is 8.36. The number of thioether (sulfide) groups is 1. The zero-order chi connectivity index (χ0) is 16.9. The molecule has 0 saturated carbocycles. The second kappa shape index (κ2) is 7.73. The van der Waals surface area contributed by atoms with Crippen LogP contribution in [0.1, 0.15) is 11.9 Å². The van der Waals surface area contributed by atoms with Gasteiger partial charge >= 0.3 is 0 Å². The van der Waals surface area contributed by atoms with Crippen molar-refractivity contribution in [2.75, 3.05) is 11.1 Å². The number of hydrogen-bond acceptors (Lipinski definition) is 8. The van der Waals surface area contributed by atoms with Crippen molar-refractivity contribution in [2.45, 2.75) is 18.6 Å². The predicted octanol–water partition coefficient (Wildman–Crippen LogP) is 3.53. The Morgan fingerprint density at radius 2 is 2.04 bits per heavy atom. The Balaban J connectivity index is 1.55. The van der Waals surface area contributed by atoms with Gasteiger partial charge in [0.05, 0.1) is 5.75 Å². The van der Waals surface area contributed by atoms with Crippen LogP contribution < -0.4 is 5.32 Å². The molecule has 24 heavy (non-hydrogen) atoms. The lowest BCUT2D eigenvalue weighted by molar-refractivity contribution is -0.113. The third-order valence-electron chi connectivity index (χ3n) is 2.84. The largest absolute Gasteiger partial charge is 0.411 e. The molecule has 124 valence electrons. The maximum Gasteiger partial charge on any atom is 0.277 e. The maximum atomic E-state index is 11.9. The SMILES string of the molecule is CCc1nnc(NC(=O)CSc2nnc(-c3ccc(Cl)cc3)o2)s1. The molecule has 0 aliphatic rings. The number of nitrogens with one attached hydrogen (secondary N) is 1. The van der Waals surface area contributed by atoms with Gasteiger partial charge < -0.3 is 4.42 Å². The zero-order valence-electron chi connectivity index (χ0n) is 12.5. The second-order valence-electron chi connectivity index (χ2n) is 4.57. The highest BCUT2D eigenvalue weighted by atomic mass is 35.5. The number of aryl methyl sites for hydroxylation is 1. The van der Waals surface area contributed by atoms with Gasteiger partial charge in [-0.2, -0.15) is 0 Å². The van der Waals surface area contributed by atoms with Gasteiger partial charge in [0.2, 0.25) is 16.9 Å². The minimum absolute atomic E-state index is 0.142. The first-order valence-electron chi connectivity index (χ1n) is 6.98. The van der Waals surface area contributed by atoms with Crippen LogP contribution in [-0.4, -0.2) is 32.1 Å². The van der Waals surface area contributed by atoms with Crippen LogP contribution in [0.3, 0.4) is 0 Å². The zero-order valence-corrected chi connectivity index (χ0v) is 14.9. The highest BCUT2D eigenvalue weighted by Crippen LogP contribution is 2.24. The molecule has 0 unspecified atom stereocenters. The Bertz CT molecular complexity index is 834. The Morgan fingerprint density at radius 1 is 1.25 bits per heavy atom. The Hall–Kier alpha value is -1.97. The van der Waals surface area contributed by atoms with E-state index in [-0.39, 0.29) is 11.7 Å². The van der Waals surface area contributed by atoms with Crippen LogP contribution in [0.25, 0.3) is 11.5 Å². The van der Waals surface area contributed by atoms with Crippen molar-refractivity contribution in [3.05, 3.63) is 34.3 Å². The van der Waals surface area contributed by atoms with E-state index in [9.17, 15) is 4.79 Å². The van der Waals surface area contributed by atoms with E-state index >= 15 is 0 Å². The van der Waals surface area contributed by atoms with E-state index in [1.54, 1.807) is 24.3 Å². The van der Waals surface area contributed by atoms with E-state index in [0.29, 0.717) is 21.3 Å². The summed E-state index contributed by atoms with van der Waals surface area (Å²) in [5.74, 6) is 0.319. The third kappa shape index (κ3) is 4.31. The molecular weight excluding hydrogens is 370 g/mol. The highest BCUT2D eigenvalue weighted by molar-refractivity contribution is 7.99. The van der Waals surface area contributed by atoms with Crippen LogP contribution in [-0.2, 0) is 11.2 Å². The number of halogens is 1. The molecule has 1 aromatic carbocycles. The molecular formula is C14H12ClN5O2S2. The number of anilines is 1. The van der Waals surface area contributed by atoms with E-state index in [4.69, 9.17) is 16.0 Å². The molecule has 3 rings (SSSR count). The summed E-state index contributed by atoms with van der Waals surface area (Å²) in [5, 5.41) is 20.7. The van der Waals surface area contributed by atoms with Gasteiger partial charge in [0.15, 0.2) is 0 Å². The molecule has 0 atom stereocenters. The second-order valence-corrected chi connectivity index (χ2v) is 7.00. The van der Waals surface area contributed by atoms with Gasteiger partial charge in [-0.15, -0.1) is 20.4 Å². The molecule has 3 aromatic rings. The number of amides is 1. The van der Waals surface area contributed by atoms with Crippen LogP contribution in [0.15, 0.2) is 33.9 Å². The van der Waals surface area contributed by atoms with Gasteiger partial charge in [0.1, 0.15) is 5.01 Å². The Morgan fingerprint density at radius 3 is 2.75 bits per heavy atom. The number of aromatic nitrogens is 4. The number of carbonyl (C=O) groups excluding carboxylic acids is 1. The monoisotopic (exact) mass is 381 g/mol. The average Bonchev–Trinajstić information content (AvgIpc) is 3.23. The first-order chi connectivity index (χ1) is 11.6. The van der Waals surface area contributed by atoms with Crippen LogP contribution in [0, 0.1) is 0 Å². The molecule has 0 spiro atoms. The molecule has 10 heteroatoms. The van der Waals surface area contributed by atoms with Gasteiger partial charge in [-0.25, -0.2) is 0 Å². The fourth-order valence-corrected chi connectivity index (χ4v) is 3.09. The summed E-state index contributed by atoms with van der Waals surface area (Å²) in [6, 6.07) is 7.07. The molecule has 1 amide bonds. The predicted molar refractivity (Wildman–Crippen MR) is 93.4 cm³/mol. The standard InChI is InChI=1S/C14H12ClN5O2S2/c1-2-11-17-19-13(24-11)16-10(21)7-23-14-20-18-12(22-14)8-3-5-9(15)6-4-8/h3-6H,2,7H2,1H3,(H,16,19,21). The first kappa shape index (κ1) is 16.9. The maximum absolute atomic E-state index is 11.9. The fraction of sp³-hybridized carbons (Fsp3) is 0.214. The summed E-state index contributed by atoms with van der Waals surface area (Å²) < 4.78 is 5.52. The molecule has 0 aliphatic heterocycles. The topological polar surface area (TPSA) is 93.8 Å². The van der Waals surface area contributed by atoms with Crippen molar-refractivity contribution < 1.29 is 9.21 Å². The van der Waals surface area contributed by atoms with Gasteiger partial charge in [0.25, 0.3) is 5.22 Å². The van der Waals surface area contributed by atoms with Gasteiger partial charge in [-0.05, 0) is 30.7 Å². The van der Waals surface area contributed by atoms with Crippen molar-refractivity contribution >= 4 is 45.7 Å². The summed E-state index contributed by atoms with van der Waals surface area (Å²) in [4.78, 5) is 11.9. The minimum Gasteiger partial charge on any atom is -0.411 e. The van der Waals surface area contributed by atoms with Crippen molar-refractivity contribution in [1.29, 1.82) is 0 Å². The normalized spacial score (nSPS) is 10.8. The molecule has 1 N–H and O–H groups in total. The number of hydrogen-bond donors (Lipinski definition) is 1. The smallest absolute Gasteiger partial charge is 0.277 e. The lowest BCUT2D eigenvalue weighted by atomic mass is 10.2. The Labute approximate surface area is 150 Å². The van der Waals surface area contributed by atoms with Gasteiger partial charge in [-0.3, -0.25) is 10.1 Å². The molecule has 0 aliphatic carbocycles. The van der Waals surface area contributed by atoms with Gasteiger partial charge in [0, 0.05) is 10.6 Å². The molecule has 2 aromatic heterocycles. The molecule has 0 fully saturated rings. The quantitative estimate of drug-likeness (QED) is 0.652. The number of carbonyl (C=O) groups is 1. The fourth-order valence-electron chi connectivity index (χ4n) is 1.71.